The molecule has 0 aromatic carbocycles. The molecule has 0 aromatic rings. The highest BCUT2D eigenvalue weighted by Crippen LogP contribution is 2.28. The molecule has 1 unspecified atom stereocenters. The van der Waals surface area contributed by atoms with E-state index in [0.717, 1.165) is 38.3 Å². The lowest BCUT2D eigenvalue weighted by Crippen LogP contribution is -2.40. The van der Waals surface area contributed by atoms with Gasteiger partial charge in [0.1, 0.15) is 0 Å². The van der Waals surface area contributed by atoms with Crippen LogP contribution in [0.25, 0.3) is 0 Å². The molecule has 1 saturated carbocycles. The predicted octanol–water partition coefficient (Wildman–Crippen LogP) is 2.25. The van der Waals surface area contributed by atoms with Crippen LogP contribution in [-0.2, 0) is 4.79 Å². The molecule has 2 fully saturated rings. The lowest BCUT2D eigenvalue weighted by Gasteiger charge is -2.12. The molecular weight excluding hydrogens is 236 g/mol. The van der Waals surface area contributed by atoms with Crippen LogP contribution in [0.3, 0.4) is 0 Å². The van der Waals surface area contributed by atoms with Gasteiger partial charge in [-0.1, -0.05) is 25.7 Å². The van der Waals surface area contributed by atoms with Crippen molar-refractivity contribution >= 4 is 18.3 Å². The maximum Gasteiger partial charge on any atom is 0.237 e. The largest absolute Gasteiger partial charge is 0.355 e. The zero-order valence-corrected chi connectivity index (χ0v) is 11.4. The van der Waals surface area contributed by atoms with Crippen LogP contribution in [-0.4, -0.2) is 25.0 Å². The molecule has 2 rings (SSSR count). The second kappa shape index (κ2) is 7.93. The van der Waals surface area contributed by atoms with Gasteiger partial charge in [0.05, 0.1) is 6.04 Å². The third kappa shape index (κ3) is 4.84. The van der Waals surface area contributed by atoms with Crippen molar-refractivity contribution in [2.75, 3.05) is 13.1 Å². The van der Waals surface area contributed by atoms with Gasteiger partial charge in [0, 0.05) is 6.54 Å². The first-order valence-electron chi connectivity index (χ1n) is 6.87. The van der Waals surface area contributed by atoms with Crippen LogP contribution in [0.5, 0.6) is 0 Å². The van der Waals surface area contributed by atoms with Crippen molar-refractivity contribution in [3.63, 3.8) is 0 Å². The Kier molecular flexibility index (Phi) is 6.90. The normalized spacial score (nSPS) is 24.6. The number of amides is 1. The zero-order valence-electron chi connectivity index (χ0n) is 10.5. The molecule has 0 spiro atoms. The predicted molar refractivity (Wildman–Crippen MR) is 72.5 cm³/mol. The number of nitrogens with one attached hydrogen (secondary N) is 2. The number of hydrogen-bond acceptors (Lipinski definition) is 2. The second-order valence-corrected chi connectivity index (χ2v) is 5.23. The van der Waals surface area contributed by atoms with E-state index in [1.807, 2.05) is 0 Å². The quantitative estimate of drug-likeness (QED) is 0.745. The molecule has 1 saturated heterocycles. The average Bonchev–Trinajstić information content (AvgIpc) is 2.96. The molecule has 0 bridgehead atoms. The summed E-state index contributed by atoms with van der Waals surface area (Å²) in [7, 11) is 0. The van der Waals surface area contributed by atoms with E-state index in [0.29, 0.717) is 0 Å². The smallest absolute Gasteiger partial charge is 0.237 e. The van der Waals surface area contributed by atoms with E-state index >= 15 is 0 Å². The summed E-state index contributed by atoms with van der Waals surface area (Å²) in [6.45, 7) is 1.87. The van der Waals surface area contributed by atoms with Crippen molar-refractivity contribution in [3.8, 4) is 0 Å². The van der Waals surface area contributed by atoms with Gasteiger partial charge in [-0.25, -0.2) is 0 Å². The lowest BCUT2D eigenvalue weighted by atomic mass is 10.0. The van der Waals surface area contributed by atoms with Gasteiger partial charge in [0.2, 0.25) is 5.91 Å². The molecule has 0 radical (unpaired) electrons. The average molecular weight is 261 g/mol. The number of carbonyl (C=O) groups is 1. The third-order valence-corrected chi connectivity index (χ3v) is 3.94. The van der Waals surface area contributed by atoms with Crippen molar-refractivity contribution < 1.29 is 4.79 Å². The zero-order chi connectivity index (χ0) is 11.2. The van der Waals surface area contributed by atoms with E-state index in [9.17, 15) is 4.79 Å². The number of halogens is 1. The van der Waals surface area contributed by atoms with Gasteiger partial charge in [0.15, 0.2) is 0 Å². The fourth-order valence-corrected chi connectivity index (χ4v) is 2.93. The Morgan fingerprint density at radius 2 is 1.94 bits per heavy atom. The van der Waals surface area contributed by atoms with Gasteiger partial charge in [-0.15, -0.1) is 12.4 Å². The summed E-state index contributed by atoms with van der Waals surface area (Å²) in [4.78, 5) is 11.7. The molecule has 3 nitrogen and oxygen atoms in total. The number of carbonyl (C=O) groups excluding carboxylic acids is 1. The van der Waals surface area contributed by atoms with Crippen molar-refractivity contribution in [1.82, 2.24) is 10.6 Å². The van der Waals surface area contributed by atoms with E-state index in [4.69, 9.17) is 0 Å². The van der Waals surface area contributed by atoms with Gasteiger partial charge in [0.25, 0.3) is 0 Å². The van der Waals surface area contributed by atoms with E-state index in [1.165, 1.54) is 32.1 Å². The van der Waals surface area contributed by atoms with E-state index in [-0.39, 0.29) is 24.4 Å². The minimum absolute atomic E-state index is 0. The van der Waals surface area contributed by atoms with Gasteiger partial charge < -0.3 is 10.6 Å². The van der Waals surface area contributed by atoms with Crippen molar-refractivity contribution in [3.05, 3.63) is 0 Å². The van der Waals surface area contributed by atoms with Crippen LogP contribution >= 0.6 is 12.4 Å². The molecular formula is C13H25ClN2O. The van der Waals surface area contributed by atoms with Crippen molar-refractivity contribution in [1.29, 1.82) is 0 Å². The van der Waals surface area contributed by atoms with E-state index in [1.54, 1.807) is 0 Å². The van der Waals surface area contributed by atoms with Crippen LogP contribution in [0.15, 0.2) is 0 Å². The monoisotopic (exact) mass is 260 g/mol. The van der Waals surface area contributed by atoms with Crippen LogP contribution < -0.4 is 10.6 Å². The molecule has 17 heavy (non-hydrogen) atoms. The summed E-state index contributed by atoms with van der Waals surface area (Å²) in [6.07, 6.45) is 10.3. The molecule has 0 aromatic heterocycles. The molecule has 1 aliphatic heterocycles. The fourth-order valence-electron chi connectivity index (χ4n) is 2.93. The third-order valence-electron chi connectivity index (χ3n) is 3.94. The fraction of sp³-hybridized carbons (Fsp3) is 0.923. The second-order valence-electron chi connectivity index (χ2n) is 5.23. The van der Waals surface area contributed by atoms with Crippen LogP contribution in [0.1, 0.15) is 51.4 Å². The minimum atomic E-state index is 0. The van der Waals surface area contributed by atoms with Gasteiger partial charge in [-0.2, -0.15) is 0 Å². The Morgan fingerprint density at radius 1 is 1.18 bits per heavy atom. The standard InChI is InChI=1S/C13H24N2O.ClH/c16-13(12-8-4-9-14-12)15-10-3-7-11-5-1-2-6-11;/h11-12,14H,1-10H2,(H,15,16);1H. The molecule has 4 heteroatoms. The SMILES string of the molecule is Cl.O=C(NCCCC1CCCC1)C1CCCN1. The molecule has 1 heterocycles. The van der Waals surface area contributed by atoms with Gasteiger partial charge in [-0.3, -0.25) is 4.79 Å². The highest BCUT2D eigenvalue weighted by molar-refractivity contribution is 5.85. The Labute approximate surface area is 111 Å². The number of rotatable bonds is 5. The summed E-state index contributed by atoms with van der Waals surface area (Å²) in [6, 6.07) is 0.0893. The maximum atomic E-state index is 11.7. The summed E-state index contributed by atoms with van der Waals surface area (Å²) < 4.78 is 0. The van der Waals surface area contributed by atoms with Crippen molar-refractivity contribution in [2.24, 2.45) is 5.92 Å². The topological polar surface area (TPSA) is 41.1 Å². The Balaban J connectivity index is 0.00000144. The lowest BCUT2D eigenvalue weighted by molar-refractivity contribution is -0.122. The number of hydrogen-bond donors (Lipinski definition) is 2. The molecule has 1 aliphatic carbocycles. The van der Waals surface area contributed by atoms with Crippen LogP contribution in [0.4, 0.5) is 0 Å². The van der Waals surface area contributed by atoms with Gasteiger partial charge in [-0.05, 0) is 38.1 Å². The molecule has 1 atom stereocenters. The van der Waals surface area contributed by atoms with Crippen LogP contribution in [0.2, 0.25) is 0 Å². The van der Waals surface area contributed by atoms with Crippen molar-refractivity contribution in [2.45, 2.75) is 57.4 Å². The highest BCUT2D eigenvalue weighted by atomic mass is 35.5. The summed E-state index contributed by atoms with van der Waals surface area (Å²) in [5.41, 5.74) is 0. The highest BCUT2D eigenvalue weighted by Gasteiger charge is 2.21. The first-order chi connectivity index (χ1) is 7.86. The molecule has 2 N–H and O–H groups in total. The minimum Gasteiger partial charge on any atom is -0.355 e. The maximum absolute atomic E-state index is 11.7. The molecule has 1 amide bonds. The van der Waals surface area contributed by atoms with E-state index in [2.05, 4.69) is 10.6 Å². The Hall–Kier alpha value is -0.280. The Morgan fingerprint density at radius 3 is 2.59 bits per heavy atom. The summed E-state index contributed by atoms with van der Waals surface area (Å²) >= 11 is 0. The molecule has 100 valence electrons. The van der Waals surface area contributed by atoms with E-state index < -0.39 is 0 Å². The molecule has 2 aliphatic rings. The summed E-state index contributed by atoms with van der Waals surface area (Å²) in [5.74, 6) is 1.16. The summed E-state index contributed by atoms with van der Waals surface area (Å²) in [5, 5.41) is 6.27. The first-order valence-corrected chi connectivity index (χ1v) is 6.87. The van der Waals surface area contributed by atoms with Gasteiger partial charge >= 0.3 is 0 Å². The first kappa shape index (κ1) is 14.8. The Bertz CT molecular complexity index is 223. The van der Waals surface area contributed by atoms with Crippen LogP contribution in [0, 0.1) is 5.92 Å².